The lowest BCUT2D eigenvalue weighted by Gasteiger charge is -2.15. The topological polar surface area (TPSA) is 17.1 Å². The van der Waals surface area contributed by atoms with Crippen molar-refractivity contribution in [3.63, 3.8) is 0 Å². The number of rotatable bonds is 3. The molecule has 0 N–H and O–H groups in total. The Morgan fingerprint density at radius 3 is 1.87 bits per heavy atom. The van der Waals surface area contributed by atoms with Gasteiger partial charge in [-0.25, -0.2) is 4.79 Å². The molecule has 1 aromatic rings. The molecular formula is C14H18O. The van der Waals surface area contributed by atoms with Crippen molar-refractivity contribution in [1.82, 2.24) is 0 Å². The van der Waals surface area contributed by atoms with Gasteiger partial charge in [-0.05, 0) is 28.5 Å². The maximum absolute atomic E-state index is 10.5. The van der Waals surface area contributed by atoms with Crippen molar-refractivity contribution in [2.24, 2.45) is 0 Å². The van der Waals surface area contributed by atoms with Gasteiger partial charge in [0.15, 0.2) is 0 Å². The van der Waals surface area contributed by atoms with Gasteiger partial charge in [0.1, 0.15) is 5.94 Å². The number of hydrogen-bond acceptors (Lipinski definition) is 1. The van der Waals surface area contributed by atoms with Gasteiger partial charge in [-0.3, -0.25) is 0 Å². The first-order valence-corrected chi connectivity index (χ1v) is 5.41. The van der Waals surface area contributed by atoms with Gasteiger partial charge in [-0.15, -0.1) is 0 Å². The quantitative estimate of drug-likeness (QED) is 0.682. The molecule has 0 bridgehead atoms. The molecule has 0 aliphatic carbocycles. The lowest BCUT2D eigenvalue weighted by atomic mass is 9.89. The van der Waals surface area contributed by atoms with Gasteiger partial charge in [0, 0.05) is 6.08 Å². The molecule has 15 heavy (non-hydrogen) atoms. The molecular weight excluding hydrogens is 184 g/mol. The average molecular weight is 202 g/mol. The smallest absolute Gasteiger partial charge is 0.125 e. The molecule has 1 heteroatoms. The van der Waals surface area contributed by atoms with Crippen LogP contribution in [0.15, 0.2) is 18.2 Å². The first kappa shape index (κ1) is 11.7. The molecule has 0 atom stereocenters. The van der Waals surface area contributed by atoms with Crippen LogP contribution in [0, 0.1) is 0 Å². The summed E-state index contributed by atoms with van der Waals surface area (Å²) in [5.41, 5.74) is 3.51. The van der Waals surface area contributed by atoms with Crippen molar-refractivity contribution >= 4 is 12.0 Å². The van der Waals surface area contributed by atoms with Crippen molar-refractivity contribution in [1.29, 1.82) is 0 Å². The summed E-state index contributed by atoms with van der Waals surface area (Å²) in [5, 5.41) is 0. The van der Waals surface area contributed by atoms with E-state index < -0.39 is 0 Å². The van der Waals surface area contributed by atoms with E-state index in [9.17, 15) is 4.79 Å². The zero-order valence-electron chi connectivity index (χ0n) is 9.87. The second-order valence-electron chi connectivity index (χ2n) is 4.42. The van der Waals surface area contributed by atoms with Crippen molar-refractivity contribution in [2.45, 2.75) is 39.5 Å². The summed E-state index contributed by atoms with van der Waals surface area (Å²) in [6.45, 7) is 8.56. The summed E-state index contributed by atoms with van der Waals surface area (Å²) < 4.78 is 0. The minimum Gasteiger partial charge on any atom is -0.233 e. The fourth-order valence-electron chi connectivity index (χ4n) is 1.83. The Labute approximate surface area is 91.8 Å². The zero-order valence-corrected chi connectivity index (χ0v) is 9.87. The Hall–Kier alpha value is -1.33. The summed E-state index contributed by atoms with van der Waals surface area (Å²) in [6, 6.07) is 6.23. The van der Waals surface area contributed by atoms with Gasteiger partial charge in [-0.2, -0.15) is 0 Å². The third-order valence-electron chi connectivity index (χ3n) is 2.62. The van der Waals surface area contributed by atoms with Gasteiger partial charge in [-0.1, -0.05) is 45.9 Å². The Morgan fingerprint density at radius 2 is 1.53 bits per heavy atom. The third kappa shape index (κ3) is 2.57. The van der Waals surface area contributed by atoms with E-state index in [1.807, 2.05) is 5.94 Å². The maximum atomic E-state index is 10.5. The van der Waals surface area contributed by atoms with E-state index >= 15 is 0 Å². The van der Waals surface area contributed by atoms with Crippen LogP contribution < -0.4 is 0 Å². The molecule has 1 aromatic carbocycles. The first-order chi connectivity index (χ1) is 7.07. The van der Waals surface area contributed by atoms with Gasteiger partial charge >= 0.3 is 0 Å². The van der Waals surface area contributed by atoms with Crippen LogP contribution in [0.4, 0.5) is 0 Å². The van der Waals surface area contributed by atoms with E-state index in [0.717, 1.165) is 5.56 Å². The highest BCUT2D eigenvalue weighted by atomic mass is 16.1. The minimum absolute atomic E-state index is 0.434. The Bertz CT molecular complexity index is 356. The van der Waals surface area contributed by atoms with Crippen molar-refractivity contribution in [3.8, 4) is 0 Å². The second-order valence-corrected chi connectivity index (χ2v) is 4.42. The number of benzene rings is 1. The highest BCUT2D eigenvalue weighted by Gasteiger charge is 2.11. The fourth-order valence-corrected chi connectivity index (χ4v) is 1.83. The van der Waals surface area contributed by atoms with E-state index in [4.69, 9.17) is 0 Å². The number of hydrogen-bond donors (Lipinski definition) is 0. The molecule has 1 rings (SSSR count). The van der Waals surface area contributed by atoms with E-state index in [2.05, 4.69) is 45.9 Å². The van der Waals surface area contributed by atoms with Crippen LogP contribution in [0.5, 0.6) is 0 Å². The molecule has 0 aliphatic heterocycles. The molecule has 0 unspecified atom stereocenters. The summed E-state index contributed by atoms with van der Waals surface area (Å²) >= 11 is 0. The minimum atomic E-state index is 0.434. The first-order valence-electron chi connectivity index (χ1n) is 5.41. The third-order valence-corrected chi connectivity index (χ3v) is 2.62. The molecule has 0 fully saturated rings. The van der Waals surface area contributed by atoms with Crippen molar-refractivity contribution in [2.75, 3.05) is 0 Å². The molecule has 80 valence electrons. The Morgan fingerprint density at radius 1 is 1.07 bits per heavy atom. The molecule has 0 amide bonds. The van der Waals surface area contributed by atoms with E-state index in [1.54, 1.807) is 6.08 Å². The molecule has 1 nitrogen and oxygen atoms in total. The summed E-state index contributed by atoms with van der Waals surface area (Å²) in [6.07, 6.45) is 1.56. The van der Waals surface area contributed by atoms with Crippen LogP contribution in [-0.4, -0.2) is 5.94 Å². The molecule has 0 aromatic heterocycles. The summed E-state index contributed by atoms with van der Waals surface area (Å²) in [4.78, 5) is 10.5. The van der Waals surface area contributed by atoms with E-state index in [-0.39, 0.29) is 0 Å². The van der Waals surface area contributed by atoms with Gasteiger partial charge in [0.2, 0.25) is 0 Å². The predicted octanol–water partition coefficient (Wildman–Crippen LogP) is 3.78. The number of carbonyl (C=O) groups excluding carboxylic acids is 1. The van der Waals surface area contributed by atoms with Gasteiger partial charge in [0.05, 0.1) is 0 Å². The standard InChI is InChI=1S/C14H18O/c1-10(2)12-6-5-7-13(11(3)4)14(12)8-9-15/h5-8,10-11H,1-4H3. The molecule has 0 radical (unpaired) electrons. The van der Waals surface area contributed by atoms with Crippen LogP contribution in [0.2, 0.25) is 0 Å². The normalized spacial score (nSPS) is 10.5. The largest absolute Gasteiger partial charge is 0.233 e. The SMILES string of the molecule is CC(C)c1cccc(C(C)C)c1C=C=O. The average Bonchev–Trinajstić information content (AvgIpc) is 2.17. The molecule has 0 spiro atoms. The fraction of sp³-hybridized carbons (Fsp3) is 0.429. The monoisotopic (exact) mass is 202 g/mol. The van der Waals surface area contributed by atoms with Crippen LogP contribution in [0.3, 0.4) is 0 Å². The van der Waals surface area contributed by atoms with E-state index in [1.165, 1.54) is 11.1 Å². The molecule has 0 aliphatic rings. The van der Waals surface area contributed by atoms with Gasteiger partial charge < -0.3 is 0 Å². The summed E-state index contributed by atoms with van der Waals surface area (Å²) in [7, 11) is 0. The Kier molecular flexibility index (Phi) is 3.88. The van der Waals surface area contributed by atoms with Crippen LogP contribution in [0.25, 0.3) is 6.08 Å². The van der Waals surface area contributed by atoms with Crippen molar-refractivity contribution in [3.05, 3.63) is 34.9 Å². The molecule has 0 saturated heterocycles. The van der Waals surface area contributed by atoms with Crippen LogP contribution in [-0.2, 0) is 4.79 Å². The van der Waals surface area contributed by atoms with Crippen LogP contribution in [0.1, 0.15) is 56.2 Å². The zero-order chi connectivity index (χ0) is 11.4. The van der Waals surface area contributed by atoms with Gasteiger partial charge in [0.25, 0.3) is 0 Å². The summed E-state index contributed by atoms with van der Waals surface area (Å²) in [5.74, 6) is 2.77. The second kappa shape index (κ2) is 4.95. The lowest BCUT2D eigenvalue weighted by molar-refractivity contribution is 0.570. The highest BCUT2D eigenvalue weighted by Crippen LogP contribution is 2.27. The predicted molar refractivity (Wildman–Crippen MR) is 64.8 cm³/mol. The molecule has 0 heterocycles. The molecule has 0 saturated carbocycles. The lowest BCUT2D eigenvalue weighted by Crippen LogP contribution is -1.99. The maximum Gasteiger partial charge on any atom is 0.125 e. The van der Waals surface area contributed by atoms with Crippen molar-refractivity contribution < 1.29 is 4.79 Å². The van der Waals surface area contributed by atoms with E-state index in [0.29, 0.717) is 11.8 Å². The highest BCUT2D eigenvalue weighted by molar-refractivity contribution is 5.78. The van der Waals surface area contributed by atoms with Crippen LogP contribution >= 0.6 is 0 Å². The Balaban J connectivity index is 3.41.